The van der Waals surface area contributed by atoms with Gasteiger partial charge in [0.05, 0.1) is 17.2 Å². The molecule has 1 aliphatic heterocycles. The van der Waals surface area contributed by atoms with Gasteiger partial charge in [0.2, 0.25) is 12.2 Å². The zero-order valence-corrected chi connectivity index (χ0v) is 21.7. The third kappa shape index (κ3) is 5.65. The molecule has 0 spiro atoms. The maximum atomic E-state index is 13.4. The fourth-order valence-electron chi connectivity index (χ4n) is 4.47. The van der Waals surface area contributed by atoms with E-state index in [4.69, 9.17) is 23.2 Å². The summed E-state index contributed by atoms with van der Waals surface area (Å²) in [7, 11) is 0. The summed E-state index contributed by atoms with van der Waals surface area (Å²) in [5, 5.41) is 17.9. The van der Waals surface area contributed by atoms with Crippen LogP contribution < -0.4 is 10.6 Å². The summed E-state index contributed by atoms with van der Waals surface area (Å²) in [6.45, 7) is 1.27. The van der Waals surface area contributed by atoms with E-state index in [1.54, 1.807) is 47.5 Å². The van der Waals surface area contributed by atoms with Gasteiger partial charge in [-0.25, -0.2) is 4.79 Å². The smallest absolute Gasteiger partial charge is 0.322 e. The van der Waals surface area contributed by atoms with Crippen molar-refractivity contribution >= 4 is 57.5 Å². The number of nitriles is 1. The van der Waals surface area contributed by atoms with Crippen molar-refractivity contribution in [3.05, 3.63) is 101 Å². The van der Waals surface area contributed by atoms with Gasteiger partial charge in [0.1, 0.15) is 0 Å². The molecular weight excluding hydrogens is 521 g/mol. The van der Waals surface area contributed by atoms with Gasteiger partial charge in [-0.05, 0) is 66.2 Å². The number of rotatable bonds is 3. The number of nitrogens with one attached hydrogen (secondary N) is 2. The molecule has 5 rings (SSSR count). The highest BCUT2D eigenvalue weighted by atomic mass is 35.5. The fraction of sp³-hybridized carbons (Fsp3) is 0.143. The Morgan fingerprint density at radius 2 is 1.68 bits per heavy atom. The largest absolute Gasteiger partial charge is 0.338 e. The van der Waals surface area contributed by atoms with Crippen LogP contribution in [0, 0.1) is 11.5 Å². The topological polar surface area (TPSA) is 96.7 Å². The second kappa shape index (κ2) is 11.4. The molecule has 10 heteroatoms. The first-order valence-corrected chi connectivity index (χ1v) is 12.7. The lowest BCUT2D eigenvalue weighted by molar-refractivity contribution is 0.136. The minimum atomic E-state index is -0.326. The number of piperazine rings is 1. The minimum absolute atomic E-state index is 0.237. The number of hydrogen-bond donors (Lipinski definition) is 2. The number of guanidine groups is 1. The Morgan fingerprint density at radius 1 is 0.947 bits per heavy atom. The van der Waals surface area contributed by atoms with Crippen molar-refractivity contribution in [2.75, 3.05) is 30.3 Å². The third-order valence-electron chi connectivity index (χ3n) is 6.34. The fourth-order valence-corrected chi connectivity index (χ4v) is 4.73. The van der Waals surface area contributed by atoms with Gasteiger partial charge < -0.3 is 20.4 Å². The Kier molecular flexibility index (Phi) is 7.59. The van der Waals surface area contributed by atoms with E-state index in [1.165, 1.54) is 0 Å². The van der Waals surface area contributed by atoms with E-state index in [-0.39, 0.29) is 12.1 Å². The van der Waals surface area contributed by atoms with E-state index in [2.05, 4.69) is 20.6 Å². The zero-order chi connectivity index (χ0) is 26.5. The molecule has 3 aromatic carbocycles. The Balaban J connectivity index is 1.42. The van der Waals surface area contributed by atoms with E-state index in [9.17, 15) is 10.1 Å². The van der Waals surface area contributed by atoms with E-state index in [0.29, 0.717) is 41.3 Å². The number of aromatic nitrogens is 1. The van der Waals surface area contributed by atoms with Gasteiger partial charge in [0, 0.05) is 46.9 Å². The highest BCUT2D eigenvalue weighted by Crippen LogP contribution is 2.29. The number of carbonyl (C=O) groups excluding carboxylic acids is 1. The zero-order valence-electron chi connectivity index (χ0n) is 20.2. The van der Waals surface area contributed by atoms with Crippen LogP contribution in [-0.2, 0) is 0 Å². The summed E-state index contributed by atoms with van der Waals surface area (Å²) in [4.78, 5) is 25.6. The van der Waals surface area contributed by atoms with Gasteiger partial charge in [-0.3, -0.25) is 4.98 Å². The number of amides is 2. The number of halogens is 2. The molecule has 0 saturated carbocycles. The summed E-state index contributed by atoms with van der Waals surface area (Å²) in [5.41, 5.74) is 3.18. The number of pyridine rings is 1. The van der Waals surface area contributed by atoms with E-state index >= 15 is 0 Å². The molecule has 38 heavy (non-hydrogen) atoms. The van der Waals surface area contributed by atoms with Crippen molar-refractivity contribution in [1.29, 1.82) is 5.26 Å². The van der Waals surface area contributed by atoms with Crippen LogP contribution in [0.2, 0.25) is 10.0 Å². The summed E-state index contributed by atoms with van der Waals surface area (Å²) < 4.78 is 0. The highest BCUT2D eigenvalue weighted by molar-refractivity contribution is 6.30. The number of nitrogens with zero attached hydrogens (tertiary/aromatic N) is 5. The lowest BCUT2D eigenvalue weighted by Crippen LogP contribution is -2.54. The molecule has 1 aromatic heterocycles. The van der Waals surface area contributed by atoms with Crippen LogP contribution in [0.4, 0.5) is 16.2 Å². The molecular formula is C28H23Cl2N7O. The molecule has 1 fully saturated rings. The van der Waals surface area contributed by atoms with Gasteiger partial charge in [-0.1, -0.05) is 41.4 Å². The summed E-state index contributed by atoms with van der Waals surface area (Å²) in [6.07, 6.45) is 3.65. The molecule has 0 radical (unpaired) electrons. The minimum Gasteiger partial charge on any atom is -0.338 e. The molecule has 4 aromatic rings. The predicted octanol–water partition coefficient (Wildman–Crippen LogP) is 6.38. The summed E-state index contributed by atoms with van der Waals surface area (Å²) in [5.74, 6) is 0.403. The first kappa shape index (κ1) is 25.3. The average molecular weight is 544 g/mol. The van der Waals surface area contributed by atoms with Crippen LogP contribution in [0.3, 0.4) is 0 Å². The van der Waals surface area contributed by atoms with Gasteiger partial charge in [0.15, 0.2) is 0 Å². The van der Waals surface area contributed by atoms with Crippen LogP contribution in [0.5, 0.6) is 0 Å². The van der Waals surface area contributed by atoms with Gasteiger partial charge >= 0.3 is 6.03 Å². The third-order valence-corrected chi connectivity index (χ3v) is 6.84. The monoisotopic (exact) mass is 543 g/mol. The first-order valence-electron chi connectivity index (χ1n) is 11.9. The Morgan fingerprint density at radius 3 is 2.42 bits per heavy atom. The van der Waals surface area contributed by atoms with Crippen molar-refractivity contribution in [2.45, 2.75) is 6.04 Å². The van der Waals surface area contributed by atoms with E-state index < -0.39 is 0 Å². The lowest BCUT2D eigenvalue weighted by Gasteiger charge is -2.42. The predicted molar refractivity (Wildman–Crippen MR) is 151 cm³/mol. The molecule has 2 heterocycles. The maximum absolute atomic E-state index is 13.4. The van der Waals surface area contributed by atoms with E-state index in [0.717, 1.165) is 22.2 Å². The SMILES string of the molecule is N#C/N=C(/Nc1cccc2ncccc12)N1CCN(C(=O)Nc2ccc(Cl)cc2)C(c2ccc(Cl)cc2)C1. The number of hydrogen-bond acceptors (Lipinski definition) is 4. The Bertz CT molecular complexity index is 1510. The summed E-state index contributed by atoms with van der Waals surface area (Å²) in [6, 6.07) is 23.4. The van der Waals surface area contributed by atoms with Crippen LogP contribution in [-0.4, -0.2) is 46.4 Å². The summed E-state index contributed by atoms with van der Waals surface area (Å²) >= 11 is 12.1. The van der Waals surface area contributed by atoms with Gasteiger partial charge in [0.25, 0.3) is 0 Å². The molecule has 1 saturated heterocycles. The van der Waals surface area contributed by atoms with Gasteiger partial charge in [-0.15, -0.1) is 4.99 Å². The standard InChI is InChI=1S/C28H23Cl2N7O/c29-20-8-6-19(7-9-20)26-17-36(15-16-37(26)28(38)34-22-12-10-21(30)11-13-22)27(33-18-31)35-25-5-1-4-24-23(25)3-2-14-32-24/h1-14,26H,15-17H2,(H,33,35)(H,34,38). The molecule has 190 valence electrons. The van der Waals surface area contributed by atoms with Crippen molar-refractivity contribution < 1.29 is 4.79 Å². The number of urea groups is 1. The van der Waals surface area contributed by atoms with Crippen LogP contribution in [0.25, 0.3) is 10.9 Å². The van der Waals surface area contributed by atoms with Crippen molar-refractivity contribution in [2.24, 2.45) is 4.99 Å². The molecule has 2 amide bonds. The number of fused-ring (bicyclic) bond motifs is 1. The highest BCUT2D eigenvalue weighted by Gasteiger charge is 2.33. The first-order chi connectivity index (χ1) is 18.5. The van der Waals surface area contributed by atoms with Crippen molar-refractivity contribution in [3.8, 4) is 6.19 Å². The molecule has 1 unspecified atom stereocenters. The van der Waals surface area contributed by atoms with E-state index in [1.807, 2.05) is 53.6 Å². The maximum Gasteiger partial charge on any atom is 0.322 e. The molecule has 1 atom stereocenters. The molecule has 2 N–H and O–H groups in total. The van der Waals surface area contributed by atoms with Crippen molar-refractivity contribution in [3.63, 3.8) is 0 Å². The average Bonchev–Trinajstić information content (AvgIpc) is 2.94. The number of anilines is 2. The molecule has 0 aliphatic carbocycles. The molecule has 1 aliphatic rings. The van der Waals surface area contributed by atoms with Crippen LogP contribution >= 0.6 is 23.2 Å². The molecule has 0 bridgehead atoms. The second-order valence-electron chi connectivity index (χ2n) is 8.68. The van der Waals surface area contributed by atoms with Crippen molar-refractivity contribution in [1.82, 2.24) is 14.8 Å². The van der Waals surface area contributed by atoms with Gasteiger partial charge in [-0.2, -0.15) is 5.26 Å². The van der Waals surface area contributed by atoms with Crippen LogP contribution in [0.15, 0.2) is 90.1 Å². The normalized spacial score (nSPS) is 15.7. The lowest BCUT2D eigenvalue weighted by atomic mass is 10.0. The Labute approximate surface area is 230 Å². The quantitative estimate of drug-likeness (QED) is 0.177. The Hall–Kier alpha value is -4.32. The number of carbonyl (C=O) groups is 1. The number of benzene rings is 3. The molecule has 8 nitrogen and oxygen atoms in total. The second-order valence-corrected chi connectivity index (χ2v) is 9.55. The van der Waals surface area contributed by atoms with Crippen LogP contribution in [0.1, 0.15) is 11.6 Å². The number of aliphatic imine (C=N–C) groups is 1.